The molecule has 0 bridgehead atoms. The van der Waals surface area contributed by atoms with Gasteiger partial charge in [-0.1, -0.05) is 20.8 Å². The Hall–Kier alpha value is -1.32. The monoisotopic (exact) mass is 262 g/mol. The van der Waals surface area contributed by atoms with Crippen LogP contribution in [0, 0.1) is 12.3 Å². The molecule has 0 radical (unpaired) electrons. The SMILES string of the molecule is CCCc1nc(NC)c(C)c(N2CCC(C)(C)C2)n1. The predicted molar refractivity (Wildman–Crippen MR) is 80.9 cm³/mol. The average molecular weight is 262 g/mol. The molecule has 2 heterocycles. The fourth-order valence-electron chi connectivity index (χ4n) is 2.73. The van der Waals surface area contributed by atoms with Gasteiger partial charge in [-0.2, -0.15) is 0 Å². The number of nitrogens with zero attached hydrogens (tertiary/aromatic N) is 3. The average Bonchev–Trinajstić information content (AvgIpc) is 2.72. The van der Waals surface area contributed by atoms with Gasteiger partial charge in [-0.3, -0.25) is 0 Å². The van der Waals surface area contributed by atoms with Crippen molar-refractivity contribution in [2.24, 2.45) is 5.41 Å². The van der Waals surface area contributed by atoms with Crippen LogP contribution in [0.25, 0.3) is 0 Å². The fraction of sp³-hybridized carbons (Fsp3) is 0.733. The van der Waals surface area contributed by atoms with Gasteiger partial charge in [0.15, 0.2) is 0 Å². The van der Waals surface area contributed by atoms with E-state index in [1.165, 1.54) is 12.0 Å². The van der Waals surface area contributed by atoms with Crippen LogP contribution in [0.1, 0.15) is 45.0 Å². The molecule has 106 valence electrons. The van der Waals surface area contributed by atoms with Crippen molar-refractivity contribution in [3.63, 3.8) is 0 Å². The Morgan fingerprint density at radius 1 is 1.32 bits per heavy atom. The van der Waals surface area contributed by atoms with Gasteiger partial charge in [0.25, 0.3) is 0 Å². The first-order valence-electron chi connectivity index (χ1n) is 7.27. The van der Waals surface area contributed by atoms with E-state index in [0.29, 0.717) is 5.41 Å². The number of hydrogen-bond acceptors (Lipinski definition) is 4. The molecule has 4 heteroatoms. The summed E-state index contributed by atoms with van der Waals surface area (Å²) in [4.78, 5) is 11.8. The maximum atomic E-state index is 4.79. The van der Waals surface area contributed by atoms with Crippen LogP contribution < -0.4 is 10.2 Å². The summed E-state index contributed by atoms with van der Waals surface area (Å²) in [6.07, 6.45) is 3.25. The third kappa shape index (κ3) is 2.99. The first kappa shape index (κ1) is 14.1. The van der Waals surface area contributed by atoms with E-state index in [1.807, 2.05) is 7.05 Å². The van der Waals surface area contributed by atoms with Gasteiger partial charge in [0.1, 0.15) is 17.5 Å². The lowest BCUT2D eigenvalue weighted by atomic mass is 9.93. The molecule has 0 aliphatic carbocycles. The lowest BCUT2D eigenvalue weighted by Crippen LogP contribution is -2.25. The van der Waals surface area contributed by atoms with Crippen molar-refractivity contribution in [2.45, 2.75) is 47.0 Å². The van der Waals surface area contributed by atoms with Crippen LogP contribution in [-0.4, -0.2) is 30.1 Å². The number of anilines is 2. The second-order valence-corrected chi connectivity index (χ2v) is 6.27. The van der Waals surface area contributed by atoms with Crippen LogP contribution in [0.3, 0.4) is 0 Å². The van der Waals surface area contributed by atoms with Crippen LogP contribution in [-0.2, 0) is 6.42 Å². The van der Waals surface area contributed by atoms with Crippen LogP contribution in [0.2, 0.25) is 0 Å². The van der Waals surface area contributed by atoms with Gasteiger partial charge in [-0.05, 0) is 25.2 Å². The molecule has 0 atom stereocenters. The van der Waals surface area contributed by atoms with E-state index in [9.17, 15) is 0 Å². The smallest absolute Gasteiger partial charge is 0.137 e. The van der Waals surface area contributed by atoms with Crippen molar-refractivity contribution in [3.05, 3.63) is 11.4 Å². The molecule has 0 spiro atoms. The molecule has 0 amide bonds. The largest absolute Gasteiger partial charge is 0.373 e. The summed E-state index contributed by atoms with van der Waals surface area (Å²) in [5.74, 6) is 3.05. The minimum atomic E-state index is 0.391. The number of nitrogens with one attached hydrogen (secondary N) is 1. The Bertz CT molecular complexity index is 454. The number of aryl methyl sites for hydroxylation is 1. The Morgan fingerprint density at radius 3 is 2.58 bits per heavy atom. The van der Waals surface area contributed by atoms with Crippen LogP contribution in [0.15, 0.2) is 0 Å². The standard InChI is InChI=1S/C15H26N4/c1-6-7-12-17-13(16-5)11(2)14(18-12)19-9-8-15(3,4)10-19/h6-10H2,1-5H3,(H,16,17,18). The second kappa shape index (κ2) is 5.35. The van der Waals surface area contributed by atoms with Crippen molar-refractivity contribution in [2.75, 3.05) is 30.4 Å². The molecule has 1 fully saturated rings. The van der Waals surface area contributed by atoms with Gasteiger partial charge in [0, 0.05) is 32.1 Å². The first-order chi connectivity index (χ1) is 8.96. The molecule has 0 saturated carbocycles. The van der Waals surface area contributed by atoms with Crippen molar-refractivity contribution in [3.8, 4) is 0 Å². The Balaban J connectivity index is 2.35. The lowest BCUT2D eigenvalue weighted by Gasteiger charge is -2.23. The van der Waals surface area contributed by atoms with E-state index in [0.717, 1.165) is 43.4 Å². The number of aromatic nitrogens is 2. The first-order valence-corrected chi connectivity index (χ1v) is 7.27. The molecule has 4 nitrogen and oxygen atoms in total. The molecule has 2 rings (SSSR count). The molecule has 1 N–H and O–H groups in total. The van der Waals surface area contributed by atoms with Gasteiger partial charge in [0.05, 0.1) is 0 Å². The molecule has 0 aromatic carbocycles. The van der Waals surface area contributed by atoms with E-state index in [2.05, 4.69) is 42.9 Å². The summed E-state index contributed by atoms with van der Waals surface area (Å²) < 4.78 is 0. The van der Waals surface area contributed by atoms with Crippen molar-refractivity contribution >= 4 is 11.6 Å². The normalized spacial score (nSPS) is 17.8. The van der Waals surface area contributed by atoms with Crippen molar-refractivity contribution < 1.29 is 0 Å². The van der Waals surface area contributed by atoms with Gasteiger partial charge in [-0.15, -0.1) is 0 Å². The van der Waals surface area contributed by atoms with Crippen molar-refractivity contribution in [1.82, 2.24) is 9.97 Å². The molecular weight excluding hydrogens is 236 g/mol. The van der Waals surface area contributed by atoms with Crippen molar-refractivity contribution in [1.29, 1.82) is 0 Å². The molecular formula is C15H26N4. The Labute approximate surface area is 116 Å². The van der Waals surface area contributed by atoms with Gasteiger partial charge < -0.3 is 10.2 Å². The minimum Gasteiger partial charge on any atom is -0.373 e. The number of rotatable bonds is 4. The van der Waals surface area contributed by atoms with Crippen LogP contribution >= 0.6 is 0 Å². The van der Waals surface area contributed by atoms with E-state index in [1.54, 1.807) is 0 Å². The molecule has 1 saturated heterocycles. The quantitative estimate of drug-likeness (QED) is 0.905. The predicted octanol–water partition coefficient (Wildman–Crippen LogP) is 3.02. The van der Waals surface area contributed by atoms with Gasteiger partial charge in [-0.25, -0.2) is 9.97 Å². The summed E-state index contributed by atoms with van der Waals surface area (Å²) in [7, 11) is 1.93. The Kier molecular flexibility index (Phi) is 3.97. The maximum Gasteiger partial charge on any atom is 0.137 e. The Morgan fingerprint density at radius 2 is 2.05 bits per heavy atom. The van der Waals surface area contributed by atoms with Gasteiger partial charge in [0.2, 0.25) is 0 Å². The van der Waals surface area contributed by atoms with Crippen LogP contribution in [0.4, 0.5) is 11.6 Å². The summed E-state index contributed by atoms with van der Waals surface area (Å²) in [6, 6.07) is 0. The molecule has 1 aromatic rings. The van der Waals surface area contributed by atoms with E-state index >= 15 is 0 Å². The molecule has 19 heavy (non-hydrogen) atoms. The summed E-state index contributed by atoms with van der Waals surface area (Å²) in [6.45, 7) is 11.1. The third-order valence-corrected chi connectivity index (χ3v) is 3.85. The van der Waals surface area contributed by atoms with Gasteiger partial charge >= 0.3 is 0 Å². The highest BCUT2D eigenvalue weighted by molar-refractivity contribution is 5.59. The molecule has 1 aromatic heterocycles. The summed E-state index contributed by atoms with van der Waals surface area (Å²) in [5.41, 5.74) is 1.56. The van der Waals surface area contributed by atoms with Crippen LogP contribution in [0.5, 0.6) is 0 Å². The maximum absolute atomic E-state index is 4.79. The topological polar surface area (TPSA) is 41.1 Å². The minimum absolute atomic E-state index is 0.391. The highest BCUT2D eigenvalue weighted by Crippen LogP contribution is 2.34. The lowest BCUT2D eigenvalue weighted by molar-refractivity contribution is 0.418. The molecule has 0 unspecified atom stereocenters. The highest BCUT2D eigenvalue weighted by atomic mass is 15.2. The third-order valence-electron chi connectivity index (χ3n) is 3.85. The van der Waals surface area contributed by atoms with E-state index in [-0.39, 0.29) is 0 Å². The van der Waals surface area contributed by atoms with E-state index < -0.39 is 0 Å². The zero-order valence-electron chi connectivity index (χ0n) is 12.9. The second-order valence-electron chi connectivity index (χ2n) is 6.27. The van der Waals surface area contributed by atoms with E-state index in [4.69, 9.17) is 4.98 Å². The highest BCUT2D eigenvalue weighted by Gasteiger charge is 2.31. The zero-order valence-corrected chi connectivity index (χ0v) is 12.9. The zero-order chi connectivity index (χ0) is 14.0. The fourth-order valence-corrected chi connectivity index (χ4v) is 2.73. The summed E-state index contributed by atoms with van der Waals surface area (Å²) in [5, 5.41) is 3.20. The molecule has 1 aliphatic rings. The number of hydrogen-bond donors (Lipinski definition) is 1. The summed E-state index contributed by atoms with van der Waals surface area (Å²) >= 11 is 0. The molecule has 1 aliphatic heterocycles.